The summed E-state index contributed by atoms with van der Waals surface area (Å²) in [4.78, 5) is 26.2. The molecule has 1 aliphatic heterocycles. The first kappa shape index (κ1) is 13.7. The molecule has 0 aromatic heterocycles. The van der Waals surface area contributed by atoms with Crippen molar-refractivity contribution in [3.05, 3.63) is 12.2 Å². The lowest BCUT2D eigenvalue weighted by atomic mass is 9.86. The molecular formula is C13H22N2O2. The Morgan fingerprint density at radius 2 is 1.88 bits per heavy atom. The van der Waals surface area contributed by atoms with E-state index < -0.39 is 11.1 Å². The van der Waals surface area contributed by atoms with Crippen molar-refractivity contribution in [3.63, 3.8) is 0 Å². The summed E-state index contributed by atoms with van der Waals surface area (Å²) in [7, 11) is 0. The summed E-state index contributed by atoms with van der Waals surface area (Å²) in [6, 6.07) is 0. The number of hydrogen-bond acceptors (Lipinski definition) is 2. The minimum absolute atomic E-state index is 0.0282. The highest BCUT2D eigenvalue weighted by atomic mass is 16.2. The minimum atomic E-state index is -0.812. The minimum Gasteiger partial charge on any atom is -0.340 e. The molecule has 1 heterocycles. The van der Waals surface area contributed by atoms with Crippen molar-refractivity contribution in [2.45, 2.75) is 52.1 Å². The predicted molar refractivity (Wildman–Crippen MR) is 67.4 cm³/mol. The summed E-state index contributed by atoms with van der Waals surface area (Å²) >= 11 is 0. The molecule has 1 saturated heterocycles. The SMILES string of the molecule is C/C=C/CN1C(=O)C(C)(C)NC(=O)C1(C)CC. The number of rotatable bonds is 3. The molecule has 0 aromatic carbocycles. The summed E-state index contributed by atoms with van der Waals surface area (Å²) in [5.41, 5.74) is -1.56. The summed E-state index contributed by atoms with van der Waals surface area (Å²) < 4.78 is 0. The number of piperazine rings is 1. The monoisotopic (exact) mass is 238 g/mol. The van der Waals surface area contributed by atoms with Gasteiger partial charge in [-0.3, -0.25) is 9.59 Å². The van der Waals surface area contributed by atoms with Gasteiger partial charge in [-0.15, -0.1) is 0 Å². The number of carbonyl (C=O) groups is 2. The number of hydrogen-bond donors (Lipinski definition) is 1. The Hall–Kier alpha value is -1.32. The molecule has 1 rings (SSSR count). The molecule has 96 valence electrons. The molecule has 1 aliphatic rings. The maximum absolute atomic E-state index is 12.4. The third-order valence-corrected chi connectivity index (χ3v) is 3.50. The second-order valence-electron chi connectivity index (χ2n) is 5.19. The van der Waals surface area contributed by atoms with Gasteiger partial charge < -0.3 is 10.2 Å². The van der Waals surface area contributed by atoms with E-state index >= 15 is 0 Å². The number of allylic oxidation sites excluding steroid dienone is 1. The zero-order valence-electron chi connectivity index (χ0n) is 11.3. The van der Waals surface area contributed by atoms with Gasteiger partial charge in [0.15, 0.2) is 0 Å². The number of carbonyl (C=O) groups excluding carboxylic acids is 2. The van der Waals surface area contributed by atoms with Gasteiger partial charge in [-0.1, -0.05) is 19.1 Å². The predicted octanol–water partition coefficient (Wildman–Crippen LogP) is 1.47. The third-order valence-electron chi connectivity index (χ3n) is 3.50. The summed E-state index contributed by atoms with van der Waals surface area (Å²) in [5, 5.41) is 2.80. The molecular weight excluding hydrogens is 216 g/mol. The molecule has 2 amide bonds. The van der Waals surface area contributed by atoms with Crippen molar-refractivity contribution < 1.29 is 9.59 Å². The molecule has 1 fully saturated rings. The van der Waals surface area contributed by atoms with Crippen molar-refractivity contribution in [3.8, 4) is 0 Å². The Bertz CT molecular complexity index is 360. The molecule has 0 aliphatic carbocycles. The lowest BCUT2D eigenvalue weighted by molar-refractivity contribution is -0.160. The highest BCUT2D eigenvalue weighted by Crippen LogP contribution is 2.28. The van der Waals surface area contributed by atoms with Crippen LogP contribution in [0.1, 0.15) is 41.0 Å². The molecule has 4 nitrogen and oxygen atoms in total. The van der Waals surface area contributed by atoms with Crippen LogP contribution < -0.4 is 5.32 Å². The number of amides is 2. The van der Waals surface area contributed by atoms with Crippen LogP contribution in [-0.4, -0.2) is 34.3 Å². The number of nitrogens with zero attached hydrogens (tertiary/aromatic N) is 1. The van der Waals surface area contributed by atoms with Crippen molar-refractivity contribution in [2.75, 3.05) is 6.54 Å². The van der Waals surface area contributed by atoms with E-state index in [-0.39, 0.29) is 11.8 Å². The van der Waals surface area contributed by atoms with Crippen LogP contribution >= 0.6 is 0 Å². The van der Waals surface area contributed by atoms with Crippen molar-refractivity contribution in [1.82, 2.24) is 10.2 Å². The molecule has 0 saturated carbocycles. The van der Waals surface area contributed by atoms with Crippen LogP contribution in [0.2, 0.25) is 0 Å². The van der Waals surface area contributed by atoms with Gasteiger partial charge >= 0.3 is 0 Å². The van der Waals surface area contributed by atoms with E-state index in [0.717, 1.165) is 0 Å². The molecule has 4 heteroatoms. The van der Waals surface area contributed by atoms with E-state index in [9.17, 15) is 9.59 Å². The van der Waals surface area contributed by atoms with Crippen LogP contribution in [0, 0.1) is 0 Å². The van der Waals surface area contributed by atoms with Gasteiger partial charge in [0.2, 0.25) is 11.8 Å². The third kappa shape index (κ3) is 2.21. The Balaban J connectivity index is 3.13. The molecule has 0 spiro atoms. The maximum Gasteiger partial charge on any atom is 0.248 e. The van der Waals surface area contributed by atoms with Crippen LogP contribution in [0.15, 0.2) is 12.2 Å². The fourth-order valence-electron chi connectivity index (χ4n) is 2.00. The Labute approximate surface area is 103 Å². The van der Waals surface area contributed by atoms with Crippen molar-refractivity contribution in [1.29, 1.82) is 0 Å². The largest absolute Gasteiger partial charge is 0.340 e. The number of nitrogens with one attached hydrogen (secondary N) is 1. The smallest absolute Gasteiger partial charge is 0.248 e. The quantitative estimate of drug-likeness (QED) is 0.757. The normalized spacial score (nSPS) is 28.6. The molecule has 17 heavy (non-hydrogen) atoms. The van der Waals surface area contributed by atoms with Gasteiger partial charge in [0.25, 0.3) is 0 Å². The Morgan fingerprint density at radius 1 is 1.29 bits per heavy atom. The lowest BCUT2D eigenvalue weighted by Gasteiger charge is -2.48. The van der Waals surface area contributed by atoms with E-state index in [1.165, 1.54) is 0 Å². The molecule has 0 radical (unpaired) electrons. The summed E-state index contributed by atoms with van der Waals surface area (Å²) in [6.07, 6.45) is 4.40. The Morgan fingerprint density at radius 3 is 2.35 bits per heavy atom. The van der Waals surface area contributed by atoms with E-state index in [1.807, 2.05) is 32.9 Å². The van der Waals surface area contributed by atoms with Gasteiger partial charge in [0.05, 0.1) is 0 Å². The molecule has 1 N–H and O–H groups in total. The molecule has 0 aromatic rings. The average molecular weight is 238 g/mol. The molecule has 1 unspecified atom stereocenters. The standard InChI is InChI=1S/C13H22N2O2/c1-6-8-9-15-11(17)12(3,4)14-10(16)13(15,5)7-2/h6,8H,7,9H2,1-5H3,(H,14,16)/b8-6+. The van der Waals surface area contributed by atoms with E-state index in [0.29, 0.717) is 13.0 Å². The highest BCUT2D eigenvalue weighted by molar-refractivity contribution is 6.01. The van der Waals surface area contributed by atoms with Crippen LogP contribution in [0.3, 0.4) is 0 Å². The van der Waals surface area contributed by atoms with Crippen LogP contribution in [0.25, 0.3) is 0 Å². The van der Waals surface area contributed by atoms with Gasteiger partial charge in [0, 0.05) is 6.54 Å². The van der Waals surface area contributed by atoms with Crippen LogP contribution in [-0.2, 0) is 9.59 Å². The topological polar surface area (TPSA) is 49.4 Å². The van der Waals surface area contributed by atoms with Gasteiger partial charge in [-0.25, -0.2) is 0 Å². The first-order chi connectivity index (χ1) is 7.79. The molecule has 0 bridgehead atoms. The van der Waals surface area contributed by atoms with Gasteiger partial charge in [-0.05, 0) is 34.1 Å². The first-order valence-electron chi connectivity index (χ1n) is 6.05. The summed E-state index contributed by atoms with van der Waals surface area (Å²) in [6.45, 7) is 9.61. The Kier molecular flexibility index (Phi) is 3.65. The van der Waals surface area contributed by atoms with E-state index in [1.54, 1.807) is 18.7 Å². The lowest BCUT2D eigenvalue weighted by Crippen LogP contribution is -2.73. The van der Waals surface area contributed by atoms with Gasteiger partial charge in [0.1, 0.15) is 11.1 Å². The fraction of sp³-hybridized carbons (Fsp3) is 0.692. The van der Waals surface area contributed by atoms with Gasteiger partial charge in [-0.2, -0.15) is 0 Å². The first-order valence-corrected chi connectivity index (χ1v) is 6.05. The van der Waals surface area contributed by atoms with Crippen molar-refractivity contribution in [2.24, 2.45) is 0 Å². The van der Waals surface area contributed by atoms with E-state index in [4.69, 9.17) is 0 Å². The second-order valence-corrected chi connectivity index (χ2v) is 5.19. The second kappa shape index (κ2) is 4.51. The summed E-state index contributed by atoms with van der Waals surface area (Å²) in [5.74, 6) is -0.103. The average Bonchev–Trinajstić information content (AvgIpc) is 2.26. The molecule has 1 atom stereocenters. The zero-order valence-corrected chi connectivity index (χ0v) is 11.3. The fourth-order valence-corrected chi connectivity index (χ4v) is 2.00. The maximum atomic E-state index is 12.4. The van der Waals surface area contributed by atoms with Crippen molar-refractivity contribution >= 4 is 11.8 Å². The zero-order chi connectivity index (χ0) is 13.3. The highest BCUT2D eigenvalue weighted by Gasteiger charge is 2.51. The van der Waals surface area contributed by atoms with Crippen LogP contribution in [0.4, 0.5) is 0 Å². The van der Waals surface area contributed by atoms with Crippen LogP contribution in [0.5, 0.6) is 0 Å². The van der Waals surface area contributed by atoms with E-state index in [2.05, 4.69) is 5.32 Å².